The van der Waals surface area contributed by atoms with Crippen molar-refractivity contribution in [1.29, 1.82) is 0 Å². The topological polar surface area (TPSA) is 110 Å². The molecule has 5 heterocycles. The maximum Gasteiger partial charge on any atom is 0.264 e. The van der Waals surface area contributed by atoms with Crippen molar-refractivity contribution in [2.45, 2.75) is 119 Å². The highest BCUT2D eigenvalue weighted by molar-refractivity contribution is 7.90. The van der Waals surface area contributed by atoms with Crippen LogP contribution in [0.1, 0.15) is 117 Å². The van der Waals surface area contributed by atoms with Crippen LogP contribution in [-0.4, -0.2) is 67.2 Å². The Hall–Kier alpha value is -3.37. The minimum atomic E-state index is -3.78. The summed E-state index contributed by atoms with van der Waals surface area (Å²) in [5.41, 5.74) is 5.49. The molecule has 2 aromatic carbocycles. The molecule has 10 rings (SSSR count). The molecule has 2 amide bonds. The fourth-order valence-corrected chi connectivity index (χ4v) is 11.8. The Morgan fingerprint density at radius 3 is 2.41 bits per heavy atom. The Morgan fingerprint density at radius 2 is 1.71 bits per heavy atom. The average Bonchev–Trinajstić information content (AvgIpc) is 3.81. The molecule has 3 saturated heterocycles. The summed E-state index contributed by atoms with van der Waals surface area (Å²) >= 11 is 0. The highest BCUT2D eigenvalue weighted by Crippen LogP contribution is 2.66. The van der Waals surface area contributed by atoms with Crippen LogP contribution in [0.5, 0.6) is 5.75 Å². The van der Waals surface area contributed by atoms with Gasteiger partial charge in [0, 0.05) is 59.7 Å². The number of fused-ring (bicyclic) bond motifs is 10. The van der Waals surface area contributed by atoms with Gasteiger partial charge in [-0.2, -0.15) is 0 Å². The third-order valence-corrected chi connectivity index (χ3v) is 14.9. The second kappa shape index (κ2) is 11.9. The molecule has 4 aliphatic heterocycles. The minimum absolute atomic E-state index is 0.0831. The second-order valence-electron chi connectivity index (χ2n) is 15.8. The van der Waals surface area contributed by atoms with Gasteiger partial charge in [-0.15, -0.1) is 0 Å². The number of hydrogen-bond acceptors (Lipinski definition) is 6. The highest BCUT2D eigenvalue weighted by Gasteiger charge is 2.64. The van der Waals surface area contributed by atoms with E-state index in [4.69, 9.17) is 4.74 Å². The van der Waals surface area contributed by atoms with Gasteiger partial charge < -0.3 is 19.5 Å². The number of aromatic nitrogens is 1. The lowest BCUT2D eigenvalue weighted by molar-refractivity contribution is -0.144. The number of sulfonamides is 1. The molecule has 9 nitrogen and oxygen atoms in total. The van der Waals surface area contributed by atoms with E-state index < -0.39 is 26.6 Å². The number of carbonyl (C=O) groups is 2. The summed E-state index contributed by atoms with van der Waals surface area (Å²) in [6, 6.07) is 12.7. The summed E-state index contributed by atoms with van der Waals surface area (Å²) < 4.78 is 37.1. The van der Waals surface area contributed by atoms with E-state index in [-0.39, 0.29) is 17.9 Å². The Balaban J connectivity index is 1.19. The molecule has 0 spiro atoms. The van der Waals surface area contributed by atoms with Crippen molar-refractivity contribution in [3.05, 3.63) is 53.1 Å². The first-order valence-electron chi connectivity index (χ1n) is 18.7. The molecule has 2 N–H and O–H groups in total. The number of methoxy groups -OCH3 is 1. The molecule has 6 fully saturated rings. The Labute approximate surface area is 289 Å². The van der Waals surface area contributed by atoms with E-state index in [1.807, 2.05) is 18.2 Å². The van der Waals surface area contributed by atoms with Gasteiger partial charge in [0.1, 0.15) is 5.75 Å². The first-order valence-corrected chi connectivity index (χ1v) is 20.3. The molecule has 10 heteroatoms. The molecule has 3 saturated carbocycles. The number of nitrogens with zero attached hydrogens (tertiary/aromatic N) is 2. The van der Waals surface area contributed by atoms with E-state index >= 15 is 0 Å². The maximum absolute atomic E-state index is 14.9. The molecular weight excluding hydrogens is 637 g/mol. The van der Waals surface area contributed by atoms with Crippen molar-refractivity contribution in [2.75, 3.05) is 20.2 Å². The minimum Gasteiger partial charge on any atom is -0.497 e. The zero-order chi connectivity index (χ0) is 33.5. The summed E-state index contributed by atoms with van der Waals surface area (Å²) in [6.45, 7) is 2.15. The number of ether oxygens (including phenoxy) is 1. The van der Waals surface area contributed by atoms with Gasteiger partial charge in [0.25, 0.3) is 5.91 Å². The molecule has 4 atom stereocenters. The number of nitrogens with one attached hydrogen (secondary N) is 2. The van der Waals surface area contributed by atoms with Crippen molar-refractivity contribution in [3.8, 4) is 17.0 Å². The van der Waals surface area contributed by atoms with Crippen molar-refractivity contribution >= 4 is 32.7 Å². The van der Waals surface area contributed by atoms with Crippen molar-refractivity contribution in [1.82, 2.24) is 19.5 Å². The number of piperazine rings is 1. The van der Waals surface area contributed by atoms with Gasteiger partial charge in [0.15, 0.2) is 0 Å². The normalized spacial score (nSPS) is 28.3. The van der Waals surface area contributed by atoms with E-state index in [1.165, 1.54) is 30.4 Å². The smallest absolute Gasteiger partial charge is 0.264 e. The fourth-order valence-electron chi connectivity index (χ4n) is 10.3. The van der Waals surface area contributed by atoms with Crippen LogP contribution in [-0.2, 0) is 21.4 Å². The van der Waals surface area contributed by atoms with Gasteiger partial charge in [-0.3, -0.25) is 9.59 Å². The third kappa shape index (κ3) is 5.14. The zero-order valence-electron chi connectivity index (χ0n) is 28.5. The lowest BCUT2D eigenvalue weighted by atomic mass is 9.81. The first-order chi connectivity index (χ1) is 23.8. The van der Waals surface area contributed by atoms with Gasteiger partial charge in [-0.05, 0) is 92.3 Å². The quantitative estimate of drug-likeness (QED) is 0.320. The Bertz CT molecular complexity index is 1930. The van der Waals surface area contributed by atoms with E-state index in [0.29, 0.717) is 36.9 Å². The molecule has 49 heavy (non-hydrogen) atoms. The van der Waals surface area contributed by atoms with E-state index in [1.54, 1.807) is 13.2 Å². The molecule has 260 valence electrons. The predicted molar refractivity (Wildman–Crippen MR) is 189 cm³/mol. The van der Waals surface area contributed by atoms with Crippen LogP contribution >= 0.6 is 0 Å². The number of rotatable bonds is 6. The largest absolute Gasteiger partial charge is 0.497 e. The molecule has 1 aromatic heterocycles. The molecule has 3 aromatic rings. The number of amides is 2. The lowest BCUT2D eigenvalue weighted by Gasteiger charge is -2.47. The summed E-state index contributed by atoms with van der Waals surface area (Å²) in [4.78, 5) is 30.8. The van der Waals surface area contributed by atoms with Gasteiger partial charge >= 0.3 is 0 Å². The van der Waals surface area contributed by atoms with Crippen LogP contribution in [0.2, 0.25) is 0 Å². The molecule has 2 bridgehead atoms. The van der Waals surface area contributed by atoms with Crippen LogP contribution in [0.3, 0.4) is 0 Å². The maximum atomic E-state index is 14.9. The summed E-state index contributed by atoms with van der Waals surface area (Å²) in [6.07, 6.45) is 12.7. The summed E-state index contributed by atoms with van der Waals surface area (Å²) in [7, 11) is -2.08. The molecular formula is C39H48N4O5S. The SMILES string of the molecule is COc1ccc2c(c1)C1CC1(C(=O)N1CC3CCC1CN3)Cn1c-2c(C2CCCCC2)c2ccc(C(=O)NS(=O)(=O)C3CCCCC3)cc21. The van der Waals surface area contributed by atoms with Gasteiger partial charge in [0.2, 0.25) is 15.9 Å². The second-order valence-corrected chi connectivity index (χ2v) is 17.8. The van der Waals surface area contributed by atoms with Gasteiger partial charge in [-0.1, -0.05) is 44.6 Å². The molecule has 7 aliphatic rings. The average molecular weight is 685 g/mol. The Kier molecular flexibility index (Phi) is 7.65. The standard InChI is InChI=1S/C39H48N4O5S/c1-48-28-15-17-30-32(19-28)33-20-39(33,38(45)42-22-26-13-14-27(42)21-40-26)23-43-34-18-25(37(44)41-49(46,47)29-10-6-3-7-11-29)12-16-31(34)35(36(30)43)24-8-4-2-5-9-24/h12,15-19,24,26-27,29,33,40H,2-11,13-14,20-23H2,1H3,(H,41,44). The Morgan fingerprint density at radius 1 is 0.939 bits per heavy atom. The lowest BCUT2D eigenvalue weighted by Crippen LogP contribution is -2.63. The van der Waals surface area contributed by atoms with Crippen molar-refractivity contribution < 1.29 is 22.7 Å². The summed E-state index contributed by atoms with van der Waals surface area (Å²) in [5.74, 6) is 0.936. The summed E-state index contributed by atoms with van der Waals surface area (Å²) in [5, 5.41) is 4.20. The number of benzene rings is 2. The van der Waals surface area contributed by atoms with E-state index in [0.717, 1.165) is 92.4 Å². The number of carbonyl (C=O) groups excluding carboxylic acids is 2. The molecule has 3 aliphatic carbocycles. The highest BCUT2D eigenvalue weighted by atomic mass is 32.2. The van der Waals surface area contributed by atoms with Crippen LogP contribution < -0.4 is 14.8 Å². The first kappa shape index (κ1) is 31.6. The van der Waals surface area contributed by atoms with Crippen LogP contribution in [0.15, 0.2) is 36.4 Å². The van der Waals surface area contributed by atoms with Gasteiger partial charge in [-0.25, -0.2) is 13.1 Å². The van der Waals surface area contributed by atoms with E-state index in [9.17, 15) is 18.0 Å². The zero-order valence-corrected chi connectivity index (χ0v) is 29.3. The van der Waals surface area contributed by atoms with Crippen molar-refractivity contribution in [2.24, 2.45) is 5.41 Å². The van der Waals surface area contributed by atoms with Crippen molar-refractivity contribution in [3.63, 3.8) is 0 Å². The fraction of sp³-hybridized carbons (Fsp3) is 0.590. The molecule has 4 unspecified atom stereocenters. The number of hydrogen-bond donors (Lipinski definition) is 2. The van der Waals surface area contributed by atoms with Crippen LogP contribution in [0.25, 0.3) is 22.2 Å². The number of piperidine rings is 2. The predicted octanol–water partition coefficient (Wildman–Crippen LogP) is 6.21. The van der Waals surface area contributed by atoms with Gasteiger partial charge in [0.05, 0.1) is 23.5 Å². The third-order valence-electron chi connectivity index (χ3n) is 13.0. The monoisotopic (exact) mass is 684 g/mol. The van der Waals surface area contributed by atoms with E-state index in [2.05, 4.69) is 31.6 Å². The van der Waals surface area contributed by atoms with Crippen LogP contribution in [0.4, 0.5) is 0 Å². The van der Waals surface area contributed by atoms with Crippen LogP contribution in [0, 0.1) is 5.41 Å². The molecule has 0 radical (unpaired) electrons.